The number of carbonyl (C=O) groups is 1. The number of fused-ring (bicyclic) bond motifs is 1. The number of hydrogen-bond acceptors (Lipinski definition) is 12. The summed E-state index contributed by atoms with van der Waals surface area (Å²) in [7, 11) is -4.59. The van der Waals surface area contributed by atoms with Crippen LogP contribution in [0, 0.1) is 12.3 Å². The third-order valence-electron chi connectivity index (χ3n) is 5.26. The fraction of sp³-hybridized carbons (Fsp3) is 0.391. The molecule has 1 amide bonds. The van der Waals surface area contributed by atoms with Crippen LogP contribution in [0.25, 0.3) is 11.0 Å². The zero-order valence-electron chi connectivity index (χ0n) is 20.6. The molecule has 4 N–H and O–H groups in total. The lowest BCUT2D eigenvalue weighted by Crippen LogP contribution is -2.39. The molecule has 4 atom stereocenters. The number of benzene rings is 1. The number of aliphatic hydroxyl groups is 2. The van der Waals surface area contributed by atoms with Gasteiger partial charge >= 0.3 is 16.4 Å². The highest BCUT2D eigenvalue weighted by Crippen LogP contribution is 2.33. The Morgan fingerprint density at radius 2 is 2.03 bits per heavy atom. The zero-order chi connectivity index (χ0) is 27.7. The Labute approximate surface area is 218 Å². The summed E-state index contributed by atoms with van der Waals surface area (Å²) in [5.41, 5.74) is 0.689. The molecule has 0 bridgehead atoms. The molecular formula is C23H26N6O8S. The van der Waals surface area contributed by atoms with Gasteiger partial charge in [0.15, 0.2) is 11.9 Å². The Kier molecular flexibility index (Phi) is 7.54. The zero-order valence-corrected chi connectivity index (χ0v) is 21.4. The van der Waals surface area contributed by atoms with Crippen molar-refractivity contribution in [1.29, 1.82) is 0 Å². The van der Waals surface area contributed by atoms with E-state index >= 15 is 0 Å². The summed E-state index contributed by atoms with van der Waals surface area (Å²) in [4.78, 5) is 20.2. The Morgan fingerprint density at radius 1 is 1.26 bits per heavy atom. The maximum absolute atomic E-state index is 12.1. The Bertz CT molecular complexity index is 1480. The van der Waals surface area contributed by atoms with Crippen molar-refractivity contribution in [3.05, 3.63) is 42.4 Å². The molecule has 0 saturated carbocycles. The molecule has 1 aliphatic rings. The second-order valence-electron chi connectivity index (χ2n) is 9.29. The van der Waals surface area contributed by atoms with Gasteiger partial charge in [0.25, 0.3) is 0 Å². The minimum Gasteiger partial charge on any atom is -0.443 e. The van der Waals surface area contributed by atoms with E-state index in [0.717, 1.165) is 0 Å². The third kappa shape index (κ3) is 6.18. The van der Waals surface area contributed by atoms with Crippen molar-refractivity contribution >= 4 is 38.9 Å². The SMILES string of the molecule is C#Cc1cccc(Nc2ncnc3c2cnn3[C@@H]2O[C@H](COS(=O)(=O)NC(=O)OC(C)(C)C)[C@@H](O)[C@H]2O)c1. The molecule has 202 valence electrons. The number of carbonyl (C=O) groups excluding carboxylic acids is 1. The highest BCUT2D eigenvalue weighted by Gasteiger charge is 2.45. The minimum atomic E-state index is -4.59. The van der Waals surface area contributed by atoms with Crippen molar-refractivity contribution in [1.82, 2.24) is 24.5 Å². The van der Waals surface area contributed by atoms with Crippen LogP contribution >= 0.6 is 0 Å². The number of nitrogens with zero attached hydrogens (tertiary/aromatic N) is 4. The molecule has 1 saturated heterocycles. The summed E-state index contributed by atoms with van der Waals surface area (Å²) in [6.45, 7) is 3.97. The van der Waals surface area contributed by atoms with Crippen LogP contribution in [0.2, 0.25) is 0 Å². The van der Waals surface area contributed by atoms with Gasteiger partial charge in [0.1, 0.15) is 36.1 Å². The number of ether oxygens (including phenoxy) is 2. The number of aromatic nitrogens is 4. The van der Waals surface area contributed by atoms with E-state index in [4.69, 9.17) is 20.1 Å². The molecule has 2 aromatic heterocycles. The van der Waals surface area contributed by atoms with Gasteiger partial charge < -0.3 is 25.0 Å². The smallest absolute Gasteiger partial charge is 0.423 e. The molecule has 0 aliphatic carbocycles. The normalized spacial score (nSPS) is 21.7. The lowest BCUT2D eigenvalue weighted by atomic mass is 10.1. The molecule has 1 aromatic carbocycles. The molecule has 3 aromatic rings. The van der Waals surface area contributed by atoms with Gasteiger partial charge in [0, 0.05) is 11.3 Å². The number of terminal acetylenes is 1. The van der Waals surface area contributed by atoms with Gasteiger partial charge in [-0.25, -0.2) is 19.4 Å². The van der Waals surface area contributed by atoms with E-state index in [2.05, 4.69) is 26.3 Å². The van der Waals surface area contributed by atoms with E-state index in [1.54, 1.807) is 49.8 Å². The van der Waals surface area contributed by atoms with E-state index in [1.807, 2.05) is 0 Å². The van der Waals surface area contributed by atoms with Gasteiger partial charge in [-0.15, -0.1) is 6.42 Å². The lowest BCUT2D eigenvalue weighted by Gasteiger charge is -2.20. The summed E-state index contributed by atoms with van der Waals surface area (Å²) in [5.74, 6) is 2.96. The van der Waals surface area contributed by atoms with Crippen LogP contribution in [0.15, 0.2) is 36.8 Å². The van der Waals surface area contributed by atoms with Gasteiger partial charge in [-0.2, -0.15) is 18.2 Å². The van der Waals surface area contributed by atoms with Gasteiger partial charge in [0.05, 0.1) is 18.2 Å². The van der Waals surface area contributed by atoms with E-state index in [-0.39, 0.29) is 5.65 Å². The highest BCUT2D eigenvalue weighted by molar-refractivity contribution is 7.85. The van der Waals surface area contributed by atoms with E-state index in [9.17, 15) is 23.4 Å². The first-order chi connectivity index (χ1) is 17.9. The number of amides is 1. The van der Waals surface area contributed by atoms with E-state index in [0.29, 0.717) is 22.5 Å². The molecule has 4 rings (SSSR count). The standard InChI is InChI=1S/C23H26N6O8S/c1-5-13-7-6-8-14(9-13)27-19-15-10-26-29(20(15)25-12-24-19)21-18(31)17(30)16(36-21)11-35-38(33,34)28-22(32)37-23(2,3)4/h1,6-10,12,16-18,21,30-31H,11H2,2-4H3,(H,28,32)(H,24,25,27)/t16-,17-,18-,21-/m1/s1. The molecule has 14 nitrogen and oxygen atoms in total. The largest absolute Gasteiger partial charge is 0.443 e. The fourth-order valence-electron chi connectivity index (χ4n) is 3.63. The van der Waals surface area contributed by atoms with E-state index in [1.165, 1.54) is 17.2 Å². The van der Waals surface area contributed by atoms with Gasteiger partial charge in [0.2, 0.25) is 0 Å². The average Bonchev–Trinajstić information content (AvgIpc) is 3.38. The van der Waals surface area contributed by atoms with Crippen LogP contribution in [0.1, 0.15) is 32.6 Å². The minimum absolute atomic E-state index is 0.271. The van der Waals surface area contributed by atoms with Crippen molar-refractivity contribution in [3.8, 4) is 12.3 Å². The number of aliphatic hydroxyl groups excluding tert-OH is 2. The molecule has 38 heavy (non-hydrogen) atoms. The highest BCUT2D eigenvalue weighted by atomic mass is 32.2. The molecule has 15 heteroatoms. The number of hydrogen-bond donors (Lipinski definition) is 4. The second kappa shape index (κ2) is 10.5. The molecule has 1 fully saturated rings. The predicted octanol–water partition coefficient (Wildman–Crippen LogP) is 0.956. The molecule has 1 aliphatic heterocycles. The maximum Gasteiger partial charge on any atom is 0.423 e. The average molecular weight is 547 g/mol. The third-order valence-corrected chi connectivity index (χ3v) is 6.12. The Morgan fingerprint density at radius 3 is 2.74 bits per heavy atom. The number of anilines is 2. The van der Waals surface area contributed by atoms with Crippen molar-refractivity contribution < 1.29 is 37.1 Å². The van der Waals surface area contributed by atoms with Gasteiger partial charge in [-0.1, -0.05) is 12.0 Å². The van der Waals surface area contributed by atoms with Gasteiger partial charge in [-0.3, -0.25) is 4.18 Å². The first kappa shape index (κ1) is 27.2. The van der Waals surface area contributed by atoms with Crippen LogP contribution < -0.4 is 10.0 Å². The summed E-state index contributed by atoms with van der Waals surface area (Å²) >= 11 is 0. The summed E-state index contributed by atoms with van der Waals surface area (Å²) in [6, 6.07) is 7.13. The molecular weight excluding hydrogens is 520 g/mol. The molecule has 0 unspecified atom stereocenters. The second-order valence-corrected chi connectivity index (χ2v) is 10.6. The topological polar surface area (TPSA) is 187 Å². The molecule has 0 radical (unpaired) electrons. The van der Waals surface area contributed by atoms with Crippen LogP contribution in [0.5, 0.6) is 0 Å². The van der Waals surface area contributed by atoms with Crippen LogP contribution in [0.4, 0.5) is 16.3 Å². The number of nitrogens with one attached hydrogen (secondary N) is 2. The first-order valence-corrected chi connectivity index (χ1v) is 12.7. The number of rotatable bonds is 7. The Hall–Kier alpha value is -3.81. The quantitative estimate of drug-likeness (QED) is 0.308. The molecule has 3 heterocycles. The lowest BCUT2D eigenvalue weighted by molar-refractivity contribution is -0.0528. The van der Waals surface area contributed by atoms with Crippen molar-refractivity contribution in [3.63, 3.8) is 0 Å². The summed E-state index contributed by atoms with van der Waals surface area (Å²) < 4.78 is 42.3. The van der Waals surface area contributed by atoms with Crippen LogP contribution in [-0.4, -0.2) is 75.0 Å². The van der Waals surface area contributed by atoms with E-state index < -0.39 is 53.1 Å². The van der Waals surface area contributed by atoms with Crippen molar-refractivity contribution in [2.45, 2.75) is 50.9 Å². The summed E-state index contributed by atoms with van der Waals surface area (Å²) in [5, 5.41) is 28.9. The fourth-order valence-corrected chi connectivity index (χ4v) is 4.25. The monoisotopic (exact) mass is 546 g/mol. The van der Waals surface area contributed by atoms with Crippen molar-refractivity contribution in [2.24, 2.45) is 0 Å². The predicted molar refractivity (Wildman–Crippen MR) is 133 cm³/mol. The molecule has 0 spiro atoms. The Balaban J connectivity index is 1.47. The van der Waals surface area contributed by atoms with Crippen LogP contribution in [0.3, 0.4) is 0 Å². The van der Waals surface area contributed by atoms with Gasteiger partial charge in [-0.05, 0) is 39.0 Å². The first-order valence-electron chi connectivity index (χ1n) is 11.3. The van der Waals surface area contributed by atoms with Crippen molar-refractivity contribution in [2.75, 3.05) is 11.9 Å². The summed E-state index contributed by atoms with van der Waals surface area (Å²) in [6.07, 6.45) is 1.39. The van der Waals surface area contributed by atoms with Crippen LogP contribution in [-0.2, 0) is 24.0 Å². The maximum atomic E-state index is 12.1.